The van der Waals surface area contributed by atoms with E-state index in [9.17, 15) is 5.11 Å². The average Bonchev–Trinajstić information content (AvgIpc) is 2.68. The maximum absolute atomic E-state index is 9.44. The third-order valence-electron chi connectivity index (χ3n) is 2.53. The number of anilines is 1. The third-order valence-corrected chi connectivity index (χ3v) is 2.53. The second kappa shape index (κ2) is 3.48. The smallest absolute Gasteiger partial charge is 0.240 e. The van der Waals surface area contributed by atoms with Gasteiger partial charge in [0.25, 0.3) is 0 Å². The number of phenolic OH excluding ortho intramolecular Hbond substituents is 1. The molecule has 0 saturated carbocycles. The zero-order valence-corrected chi connectivity index (χ0v) is 8.91. The van der Waals surface area contributed by atoms with Gasteiger partial charge in [0.1, 0.15) is 5.75 Å². The Morgan fingerprint density at radius 3 is 2.82 bits per heavy atom. The summed E-state index contributed by atoms with van der Waals surface area (Å²) in [5.41, 5.74) is 8.08. The van der Waals surface area contributed by atoms with Gasteiger partial charge in [0.15, 0.2) is 5.65 Å². The molecule has 0 atom stereocenters. The molecule has 0 saturated heterocycles. The van der Waals surface area contributed by atoms with Crippen molar-refractivity contribution in [1.82, 2.24) is 14.6 Å². The van der Waals surface area contributed by atoms with Crippen molar-refractivity contribution >= 4 is 11.6 Å². The van der Waals surface area contributed by atoms with Crippen LogP contribution in [0.5, 0.6) is 5.75 Å². The minimum absolute atomic E-state index is 0.237. The van der Waals surface area contributed by atoms with Gasteiger partial charge in [0.2, 0.25) is 5.95 Å². The zero-order chi connectivity index (χ0) is 11.8. The van der Waals surface area contributed by atoms with Crippen molar-refractivity contribution in [3.8, 4) is 16.9 Å². The van der Waals surface area contributed by atoms with Gasteiger partial charge in [0, 0.05) is 11.8 Å². The summed E-state index contributed by atoms with van der Waals surface area (Å²) in [5, 5.41) is 13.5. The second-order valence-electron chi connectivity index (χ2n) is 3.74. The summed E-state index contributed by atoms with van der Waals surface area (Å²) in [5.74, 6) is 0.485. The third kappa shape index (κ3) is 1.67. The summed E-state index contributed by atoms with van der Waals surface area (Å²) in [6.45, 7) is 0. The second-order valence-corrected chi connectivity index (χ2v) is 3.74. The Morgan fingerprint density at radius 1 is 1.12 bits per heavy atom. The van der Waals surface area contributed by atoms with Crippen molar-refractivity contribution in [2.75, 3.05) is 5.73 Å². The highest BCUT2D eigenvalue weighted by Gasteiger charge is 2.03. The van der Waals surface area contributed by atoms with Crippen LogP contribution in [0.4, 0.5) is 5.95 Å². The van der Waals surface area contributed by atoms with Gasteiger partial charge in [-0.2, -0.15) is 4.98 Å². The zero-order valence-electron chi connectivity index (χ0n) is 8.91. The molecule has 0 aliphatic heterocycles. The average molecular weight is 226 g/mol. The van der Waals surface area contributed by atoms with Gasteiger partial charge < -0.3 is 10.8 Å². The molecule has 84 valence electrons. The highest BCUT2D eigenvalue weighted by molar-refractivity contribution is 5.66. The lowest BCUT2D eigenvalue weighted by atomic mass is 10.1. The number of benzene rings is 1. The number of nitrogen functional groups attached to an aromatic ring is 1. The lowest BCUT2D eigenvalue weighted by molar-refractivity contribution is 0.475. The standard InChI is InChI=1S/C12H10N4O/c13-12-14-11-5-4-9(7-16(11)15-12)8-2-1-3-10(17)6-8/h1-7,17H,(H2,13,15). The van der Waals surface area contributed by atoms with Crippen LogP contribution in [0.15, 0.2) is 42.6 Å². The lowest BCUT2D eigenvalue weighted by Gasteiger charge is -2.02. The first kappa shape index (κ1) is 9.65. The molecule has 0 spiro atoms. The molecule has 0 unspecified atom stereocenters. The first-order valence-corrected chi connectivity index (χ1v) is 5.14. The van der Waals surface area contributed by atoms with Crippen LogP contribution in [0.1, 0.15) is 0 Å². The van der Waals surface area contributed by atoms with E-state index in [1.165, 1.54) is 0 Å². The summed E-state index contributed by atoms with van der Waals surface area (Å²) in [6.07, 6.45) is 1.83. The van der Waals surface area contributed by atoms with Crippen LogP contribution in [-0.2, 0) is 0 Å². The van der Waals surface area contributed by atoms with Crippen LogP contribution in [0.25, 0.3) is 16.8 Å². The topological polar surface area (TPSA) is 76.4 Å². The number of phenols is 1. The maximum Gasteiger partial charge on any atom is 0.240 e. The van der Waals surface area contributed by atoms with Crippen molar-refractivity contribution in [1.29, 1.82) is 0 Å². The van der Waals surface area contributed by atoms with E-state index < -0.39 is 0 Å². The molecule has 0 aliphatic rings. The van der Waals surface area contributed by atoms with Crippen LogP contribution < -0.4 is 5.73 Å². The van der Waals surface area contributed by atoms with Gasteiger partial charge in [-0.15, -0.1) is 5.10 Å². The molecule has 2 heterocycles. The molecular formula is C12H10N4O. The molecule has 0 bridgehead atoms. The minimum atomic E-state index is 0.237. The maximum atomic E-state index is 9.44. The molecule has 0 fully saturated rings. The minimum Gasteiger partial charge on any atom is -0.508 e. The number of rotatable bonds is 1. The Labute approximate surface area is 97.1 Å². The fourth-order valence-corrected chi connectivity index (χ4v) is 1.76. The normalized spacial score (nSPS) is 10.8. The van der Waals surface area contributed by atoms with Crippen molar-refractivity contribution in [3.05, 3.63) is 42.6 Å². The monoisotopic (exact) mass is 226 g/mol. The van der Waals surface area contributed by atoms with Gasteiger partial charge >= 0.3 is 0 Å². The summed E-state index contributed by atoms with van der Waals surface area (Å²) in [4.78, 5) is 4.05. The molecule has 0 aliphatic carbocycles. The predicted octanol–water partition coefficient (Wildman–Crippen LogP) is 1.68. The van der Waals surface area contributed by atoms with Gasteiger partial charge in [-0.1, -0.05) is 12.1 Å². The number of hydrogen-bond donors (Lipinski definition) is 2. The Bertz CT molecular complexity index is 690. The molecule has 3 N–H and O–H groups in total. The van der Waals surface area contributed by atoms with Crippen molar-refractivity contribution in [2.45, 2.75) is 0 Å². The van der Waals surface area contributed by atoms with E-state index in [0.29, 0.717) is 5.65 Å². The predicted molar refractivity (Wildman–Crippen MR) is 64.5 cm³/mol. The van der Waals surface area contributed by atoms with E-state index in [0.717, 1.165) is 11.1 Å². The van der Waals surface area contributed by atoms with E-state index in [1.54, 1.807) is 22.7 Å². The molecule has 17 heavy (non-hydrogen) atoms. The number of pyridine rings is 1. The van der Waals surface area contributed by atoms with Crippen LogP contribution >= 0.6 is 0 Å². The molecule has 3 rings (SSSR count). The van der Waals surface area contributed by atoms with Gasteiger partial charge in [-0.3, -0.25) is 0 Å². The molecule has 0 amide bonds. The Balaban J connectivity index is 2.17. The van der Waals surface area contributed by atoms with Gasteiger partial charge in [0.05, 0.1) is 0 Å². The summed E-state index contributed by atoms with van der Waals surface area (Å²) < 4.78 is 1.62. The largest absolute Gasteiger partial charge is 0.508 e. The number of aromatic hydroxyl groups is 1. The molecule has 0 radical (unpaired) electrons. The number of aromatic nitrogens is 3. The number of hydrogen-bond acceptors (Lipinski definition) is 4. The van der Waals surface area contributed by atoms with Crippen molar-refractivity contribution in [2.24, 2.45) is 0 Å². The highest BCUT2D eigenvalue weighted by Crippen LogP contribution is 2.23. The molecule has 5 heteroatoms. The van der Waals surface area contributed by atoms with Crippen LogP contribution in [0.2, 0.25) is 0 Å². The summed E-state index contributed by atoms with van der Waals surface area (Å²) in [7, 11) is 0. The quantitative estimate of drug-likeness (QED) is 0.662. The molecule has 3 aromatic rings. The lowest BCUT2D eigenvalue weighted by Crippen LogP contribution is -1.90. The SMILES string of the molecule is Nc1nc2ccc(-c3cccc(O)c3)cn2n1. The fraction of sp³-hybridized carbons (Fsp3) is 0. The van der Waals surface area contributed by atoms with E-state index in [2.05, 4.69) is 10.1 Å². The van der Waals surface area contributed by atoms with E-state index in [1.807, 2.05) is 24.4 Å². The Kier molecular flexibility index (Phi) is 1.98. The number of nitrogens with zero attached hydrogens (tertiary/aromatic N) is 3. The van der Waals surface area contributed by atoms with E-state index >= 15 is 0 Å². The molecule has 5 nitrogen and oxygen atoms in total. The Morgan fingerprint density at radius 2 is 2.00 bits per heavy atom. The summed E-state index contributed by atoms with van der Waals surface area (Å²) in [6, 6.07) is 10.8. The van der Waals surface area contributed by atoms with Gasteiger partial charge in [-0.05, 0) is 29.8 Å². The van der Waals surface area contributed by atoms with Crippen LogP contribution in [0.3, 0.4) is 0 Å². The first-order valence-electron chi connectivity index (χ1n) is 5.14. The number of nitrogens with two attached hydrogens (primary N) is 1. The van der Waals surface area contributed by atoms with E-state index in [-0.39, 0.29) is 11.7 Å². The van der Waals surface area contributed by atoms with Crippen LogP contribution in [0, 0.1) is 0 Å². The van der Waals surface area contributed by atoms with Crippen molar-refractivity contribution in [3.63, 3.8) is 0 Å². The Hall–Kier alpha value is -2.56. The first-order chi connectivity index (χ1) is 8.22. The van der Waals surface area contributed by atoms with Crippen LogP contribution in [-0.4, -0.2) is 19.7 Å². The molecule has 1 aromatic carbocycles. The van der Waals surface area contributed by atoms with Crippen molar-refractivity contribution < 1.29 is 5.11 Å². The highest BCUT2D eigenvalue weighted by atomic mass is 16.3. The fourth-order valence-electron chi connectivity index (χ4n) is 1.76. The summed E-state index contributed by atoms with van der Waals surface area (Å²) >= 11 is 0. The van der Waals surface area contributed by atoms with E-state index in [4.69, 9.17) is 5.73 Å². The molecule has 2 aromatic heterocycles. The molecular weight excluding hydrogens is 216 g/mol. The van der Waals surface area contributed by atoms with Gasteiger partial charge in [-0.25, -0.2) is 4.52 Å². The number of fused-ring (bicyclic) bond motifs is 1.